The van der Waals surface area contributed by atoms with E-state index in [9.17, 15) is 14.0 Å². The number of nitrogens with zero attached hydrogens (tertiary/aromatic N) is 2. The second kappa shape index (κ2) is 11.5. The highest BCUT2D eigenvalue weighted by Gasteiger charge is 2.23. The standard InChI is InChI=1S/C25H34FN3O2/c1-6-19(7-2)25(31)29(16-18-10-9-11-21(26)14-18)17-20-15-22(27-24(30)8-3)12-13-23(20)28(4)5/h9-15,19H,6-8,16-17H2,1-5H3,(H,27,30). The largest absolute Gasteiger partial charge is 0.377 e. The highest BCUT2D eigenvalue weighted by molar-refractivity contribution is 5.91. The first-order chi connectivity index (χ1) is 14.8. The number of rotatable bonds is 10. The Balaban J connectivity index is 2.42. The van der Waals surface area contributed by atoms with Crippen LogP contribution in [0.3, 0.4) is 0 Å². The number of carbonyl (C=O) groups is 2. The molecule has 0 aromatic heterocycles. The minimum absolute atomic E-state index is 0.0574. The number of hydrogen-bond acceptors (Lipinski definition) is 3. The molecule has 0 heterocycles. The summed E-state index contributed by atoms with van der Waals surface area (Å²) in [4.78, 5) is 29.0. The van der Waals surface area contributed by atoms with Crippen LogP contribution in [-0.4, -0.2) is 30.8 Å². The van der Waals surface area contributed by atoms with E-state index in [-0.39, 0.29) is 23.5 Å². The van der Waals surface area contributed by atoms with Crippen molar-refractivity contribution in [1.29, 1.82) is 0 Å². The van der Waals surface area contributed by atoms with Gasteiger partial charge in [-0.1, -0.05) is 32.9 Å². The summed E-state index contributed by atoms with van der Waals surface area (Å²) >= 11 is 0. The predicted octanol–water partition coefficient (Wildman–Crippen LogP) is 5.21. The zero-order chi connectivity index (χ0) is 23.0. The van der Waals surface area contributed by atoms with Gasteiger partial charge in [0, 0.05) is 50.9 Å². The molecule has 0 unspecified atom stereocenters. The van der Waals surface area contributed by atoms with Crippen LogP contribution < -0.4 is 10.2 Å². The van der Waals surface area contributed by atoms with Crippen molar-refractivity contribution in [3.05, 3.63) is 59.4 Å². The lowest BCUT2D eigenvalue weighted by Gasteiger charge is -2.29. The smallest absolute Gasteiger partial charge is 0.226 e. The van der Waals surface area contributed by atoms with E-state index in [2.05, 4.69) is 5.32 Å². The minimum Gasteiger partial charge on any atom is -0.377 e. The van der Waals surface area contributed by atoms with Crippen LogP contribution in [0.5, 0.6) is 0 Å². The van der Waals surface area contributed by atoms with Crippen molar-refractivity contribution in [2.45, 2.75) is 53.1 Å². The Morgan fingerprint density at radius 3 is 2.29 bits per heavy atom. The summed E-state index contributed by atoms with van der Waals surface area (Å²) in [6.07, 6.45) is 1.90. The van der Waals surface area contributed by atoms with Crippen molar-refractivity contribution < 1.29 is 14.0 Å². The van der Waals surface area contributed by atoms with Crippen LogP contribution in [-0.2, 0) is 22.7 Å². The molecule has 2 aromatic rings. The Hall–Kier alpha value is -2.89. The first-order valence-corrected chi connectivity index (χ1v) is 10.9. The van der Waals surface area contributed by atoms with Gasteiger partial charge in [-0.3, -0.25) is 9.59 Å². The van der Waals surface area contributed by atoms with E-state index >= 15 is 0 Å². The number of nitrogens with one attached hydrogen (secondary N) is 1. The van der Waals surface area contributed by atoms with Gasteiger partial charge in [0.1, 0.15) is 5.82 Å². The lowest BCUT2D eigenvalue weighted by atomic mass is 10.0. The molecule has 0 spiro atoms. The Bertz CT molecular complexity index is 894. The normalized spacial score (nSPS) is 10.8. The van der Waals surface area contributed by atoms with E-state index in [1.165, 1.54) is 12.1 Å². The second-order valence-electron chi connectivity index (χ2n) is 7.98. The molecule has 0 saturated heterocycles. The van der Waals surface area contributed by atoms with Gasteiger partial charge in [0.15, 0.2) is 0 Å². The molecule has 0 aliphatic carbocycles. The van der Waals surface area contributed by atoms with Crippen LogP contribution >= 0.6 is 0 Å². The highest BCUT2D eigenvalue weighted by atomic mass is 19.1. The van der Waals surface area contributed by atoms with Crippen LogP contribution in [0.4, 0.5) is 15.8 Å². The molecular formula is C25H34FN3O2. The van der Waals surface area contributed by atoms with Gasteiger partial charge in [-0.2, -0.15) is 0 Å². The first-order valence-electron chi connectivity index (χ1n) is 10.9. The Kier molecular flexibility index (Phi) is 9.03. The molecule has 5 nitrogen and oxygen atoms in total. The molecule has 2 aromatic carbocycles. The van der Waals surface area contributed by atoms with Gasteiger partial charge in [0.25, 0.3) is 0 Å². The van der Waals surface area contributed by atoms with Crippen molar-refractivity contribution in [1.82, 2.24) is 4.90 Å². The Labute approximate surface area is 185 Å². The molecule has 0 aliphatic heterocycles. The summed E-state index contributed by atoms with van der Waals surface area (Å²) in [6, 6.07) is 12.1. The predicted molar refractivity (Wildman–Crippen MR) is 124 cm³/mol. The van der Waals surface area contributed by atoms with Crippen LogP contribution in [0.2, 0.25) is 0 Å². The van der Waals surface area contributed by atoms with E-state index in [0.717, 1.165) is 29.7 Å². The van der Waals surface area contributed by atoms with Crippen molar-refractivity contribution in [3.8, 4) is 0 Å². The summed E-state index contributed by atoms with van der Waals surface area (Å²) in [5.74, 6) is -0.403. The van der Waals surface area contributed by atoms with Crippen molar-refractivity contribution >= 4 is 23.2 Å². The van der Waals surface area contributed by atoms with E-state index < -0.39 is 0 Å². The average Bonchev–Trinajstić information content (AvgIpc) is 2.74. The van der Waals surface area contributed by atoms with Gasteiger partial charge in [-0.15, -0.1) is 0 Å². The van der Waals surface area contributed by atoms with Crippen molar-refractivity contribution in [3.63, 3.8) is 0 Å². The molecule has 0 saturated carbocycles. The zero-order valence-corrected chi connectivity index (χ0v) is 19.2. The molecule has 0 radical (unpaired) electrons. The summed E-state index contributed by atoms with van der Waals surface area (Å²) in [5.41, 5.74) is 3.35. The molecule has 6 heteroatoms. The molecule has 0 fully saturated rings. The van der Waals surface area contributed by atoms with Crippen LogP contribution in [0.15, 0.2) is 42.5 Å². The maximum atomic E-state index is 13.8. The lowest BCUT2D eigenvalue weighted by Crippen LogP contribution is -2.35. The summed E-state index contributed by atoms with van der Waals surface area (Å²) in [6.45, 7) is 6.53. The van der Waals surface area contributed by atoms with E-state index in [4.69, 9.17) is 0 Å². The Morgan fingerprint density at radius 1 is 1.00 bits per heavy atom. The number of carbonyl (C=O) groups excluding carboxylic acids is 2. The van der Waals surface area contributed by atoms with Gasteiger partial charge in [-0.25, -0.2) is 4.39 Å². The number of amides is 2. The maximum absolute atomic E-state index is 13.8. The lowest BCUT2D eigenvalue weighted by molar-refractivity contribution is -0.137. The van der Waals surface area contributed by atoms with Gasteiger partial charge >= 0.3 is 0 Å². The summed E-state index contributed by atoms with van der Waals surface area (Å²) in [5, 5.41) is 2.89. The fourth-order valence-electron chi connectivity index (χ4n) is 3.64. The monoisotopic (exact) mass is 427 g/mol. The third-order valence-corrected chi connectivity index (χ3v) is 5.44. The molecule has 1 N–H and O–H groups in total. The Morgan fingerprint density at radius 2 is 1.71 bits per heavy atom. The second-order valence-corrected chi connectivity index (χ2v) is 7.98. The third kappa shape index (κ3) is 6.81. The number of benzene rings is 2. The zero-order valence-electron chi connectivity index (χ0n) is 19.2. The molecule has 2 amide bonds. The van der Waals surface area contributed by atoms with E-state index in [0.29, 0.717) is 25.2 Å². The topological polar surface area (TPSA) is 52.7 Å². The fourth-order valence-corrected chi connectivity index (χ4v) is 3.64. The molecule has 0 atom stereocenters. The van der Waals surface area contributed by atoms with Gasteiger partial charge in [0.2, 0.25) is 11.8 Å². The molecule has 31 heavy (non-hydrogen) atoms. The van der Waals surface area contributed by atoms with E-state index in [1.54, 1.807) is 17.9 Å². The SMILES string of the molecule is CCC(=O)Nc1ccc(N(C)C)c(CN(Cc2cccc(F)c2)C(=O)C(CC)CC)c1. The summed E-state index contributed by atoms with van der Waals surface area (Å²) in [7, 11) is 3.89. The van der Waals surface area contributed by atoms with Gasteiger partial charge < -0.3 is 15.1 Å². The molecule has 0 bridgehead atoms. The number of hydrogen-bond donors (Lipinski definition) is 1. The first kappa shape index (κ1) is 24.4. The molecule has 168 valence electrons. The third-order valence-electron chi connectivity index (χ3n) is 5.44. The minimum atomic E-state index is -0.314. The molecule has 0 aliphatic rings. The average molecular weight is 428 g/mol. The van der Waals surface area contributed by atoms with Crippen LogP contribution in [0.25, 0.3) is 0 Å². The maximum Gasteiger partial charge on any atom is 0.226 e. The summed E-state index contributed by atoms with van der Waals surface area (Å²) < 4.78 is 13.8. The van der Waals surface area contributed by atoms with Crippen LogP contribution in [0, 0.1) is 11.7 Å². The number of halogens is 1. The molecular weight excluding hydrogens is 393 g/mol. The van der Waals surface area contributed by atoms with Gasteiger partial charge in [-0.05, 0) is 54.3 Å². The molecule has 2 rings (SSSR count). The quantitative estimate of drug-likeness (QED) is 0.567. The van der Waals surface area contributed by atoms with Gasteiger partial charge in [0.05, 0.1) is 0 Å². The van der Waals surface area contributed by atoms with Crippen molar-refractivity contribution in [2.75, 3.05) is 24.3 Å². The number of anilines is 2. The van der Waals surface area contributed by atoms with E-state index in [1.807, 2.05) is 57.1 Å². The highest BCUT2D eigenvalue weighted by Crippen LogP contribution is 2.27. The van der Waals surface area contributed by atoms with Crippen molar-refractivity contribution in [2.24, 2.45) is 5.92 Å². The fraction of sp³-hybridized carbons (Fsp3) is 0.440. The van der Waals surface area contributed by atoms with Crippen LogP contribution in [0.1, 0.15) is 51.2 Å².